The van der Waals surface area contributed by atoms with Gasteiger partial charge in [0.25, 0.3) is 0 Å². The lowest BCUT2D eigenvalue weighted by Gasteiger charge is -2.27. The highest BCUT2D eigenvalue weighted by molar-refractivity contribution is 5.83. The normalized spacial score (nSPS) is 17.5. The molecule has 1 saturated carbocycles. The number of ether oxygens (including phenoxy) is 1. The number of esters is 1. The van der Waals surface area contributed by atoms with Crippen LogP contribution in [0, 0.1) is 5.92 Å². The fourth-order valence-electron chi connectivity index (χ4n) is 3.15. The number of carbonyl (C=O) groups excluding carboxylic acids is 2. The summed E-state index contributed by atoms with van der Waals surface area (Å²) in [5.74, 6) is 0.202. The largest absolute Gasteiger partial charge is 0.458 e. The van der Waals surface area contributed by atoms with Gasteiger partial charge in [0.2, 0.25) is 0 Å². The molecular weight excluding hydrogens is 320 g/mol. The Bertz CT molecular complexity index is 412. The van der Waals surface area contributed by atoms with Gasteiger partial charge in [0, 0.05) is 13.1 Å². The van der Waals surface area contributed by atoms with Crippen molar-refractivity contribution in [2.75, 3.05) is 19.7 Å². The first-order chi connectivity index (χ1) is 11.7. The van der Waals surface area contributed by atoms with Crippen molar-refractivity contribution in [2.24, 2.45) is 5.92 Å². The second-order valence-electron chi connectivity index (χ2n) is 8.06. The number of hydrogen-bond acceptors (Lipinski definition) is 4. The summed E-state index contributed by atoms with van der Waals surface area (Å²) in [4.78, 5) is 26.1. The van der Waals surface area contributed by atoms with Crippen molar-refractivity contribution in [3.05, 3.63) is 0 Å². The monoisotopic (exact) mass is 356 g/mol. The molecule has 0 saturated heterocycles. The Kier molecular flexibility index (Phi) is 9.25. The van der Waals surface area contributed by atoms with E-state index in [0.717, 1.165) is 6.42 Å². The van der Waals surface area contributed by atoms with Crippen LogP contribution in [0.3, 0.4) is 0 Å². The fraction of sp³-hybridized carbons (Fsp3) is 0.895. The third-order valence-corrected chi connectivity index (χ3v) is 4.54. The van der Waals surface area contributed by atoms with Crippen molar-refractivity contribution in [3.8, 4) is 0 Å². The zero-order valence-corrected chi connectivity index (χ0v) is 16.3. The zero-order chi connectivity index (χ0) is 18.9. The van der Waals surface area contributed by atoms with E-state index in [9.17, 15) is 14.7 Å². The van der Waals surface area contributed by atoms with Gasteiger partial charge in [-0.3, -0.25) is 0 Å². The van der Waals surface area contributed by atoms with Gasteiger partial charge in [-0.1, -0.05) is 38.5 Å². The second kappa shape index (κ2) is 10.6. The van der Waals surface area contributed by atoms with E-state index < -0.39 is 17.6 Å². The average molecular weight is 357 g/mol. The minimum Gasteiger partial charge on any atom is -0.458 e. The Balaban J connectivity index is 2.49. The molecule has 0 heterocycles. The summed E-state index contributed by atoms with van der Waals surface area (Å²) < 4.78 is 5.29. The molecule has 1 aliphatic carbocycles. The highest BCUT2D eigenvalue weighted by atomic mass is 16.6. The van der Waals surface area contributed by atoms with Crippen LogP contribution in [0.15, 0.2) is 0 Å². The Morgan fingerprint density at radius 1 is 1.16 bits per heavy atom. The molecule has 6 heteroatoms. The van der Waals surface area contributed by atoms with Crippen LogP contribution in [0.1, 0.15) is 72.6 Å². The Hall–Kier alpha value is -1.30. The molecule has 1 atom stereocenters. The number of amides is 2. The molecule has 0 spiro atoms. The number of hydrogen-bond donors (Lipinski definition) is 2. The van der Waals surface area contributed by atoms with E-state index in [1.54, 1.807) is 32.6 Å². The van der Waals surface area contributed by atoms with Crippen LogP contribution in [-0.4, -0.2) is 53.3 Å². The summed E-state index contributed by atoms with van der Waals surface area (Å²) in [6, 6.07) is -1.04. The number of rotatable bonds is 7. The average Bonchev–Trinajstić information content (AvgIpc) is 2.78. The van der Waals surface area contributed by atoms with Gasteiger partial charge in [-0.15, -0.1) is 0 Å². The SMILES string of the molecule is C[C@H](NC(=O)N(CCO)CCC1CCCCCC1)C(=O)OC(C)(C)C. The zero-order valence-electron chi connectivity index (χ0n) is 16.3. The first-order valence-corrected chi connectivity index (χ1v) is 9.62. The smallest absolute Gasteiger partial charge is 0.328 e. The molecule has 1 fully saturated rings. The van der Waals surface area contributed by atoms with Crippen LogP contribution < -0.4 is 5.32 Å². The van der Waals surface area contributed by atoms with Gasteiger partial charge in [-0.05, 0) is 40.0 Å². The molecule has 0 aromatic heterocycles. The topological polar surface area (TPSA) is 78.9 Å². The molecule has 1 rings (SSSR count). The summed E-state index contributed by atoms with van der Waals surface area (Å²) in [5, 5.41) is 11.9. The van der Waals surface area contributed by atoms with Crippen LogP contribution in [0.5, 0.6) is 0 Å². The standard InChI is InChI=1S/C19H36N2O4/c1-15(17(23)25-19(2,3)4)20-18(24)21(13-14-22)12-11-16-9-7-5-6-8-10-16/h15-16,22H,5-14H2,1-4H3,(H,20,24)/t15-/m0/s1. The summed E-state index contributed by atoms with van der Waals surface area (Å²) >= 11 is 0. The molecule has 2 amide bonds. The van der Waals surface area contributed by atoms with Crippen LogP contribution in [0.2, 0.25) is 0 Å². The first-order valence-electron chi connectivity index (χ1n) is 9.62. The summed E-state index contributed by atoms with van der Waals surface area (Å²) in [7, 11) is 0. The van der Waals surface area contributed by atoms with Crippen molar-refractivity contribution >= 4 is 12.0 Å². The van der Waals surface area contributed by atoms with E-state index in [0.29, 0.717) is 12.5 Å². The molecule has 0 radical (unpaired) electrons. The molecule has 0 bridgehead atoms. The van der Waals surface area contributed by atoms with E-state index in [1.807, 2.05) is 0 Å². The van der Waals surface area contributed by atoms with Crippen LogP contribution in [0.25, 0.3) is 0 Å². The predicted molar refractivity (Wildman–Crippen MR) is 98.3 cm³/mol. The molecule has 6 nitrogen and oxygen atoms in total. The fourth-order valence-corrected chi connectivity index (χ4v) is 3.15. The highest BCUT2D eigenvalue weighted by Gasteiger charge is 2.25. The number of carbonyl (C=O) groups is 2. The number of aliphatic hydroxyl groups excluding tert-OH is 1. The van der Waals surface area contributed by atoms with E-state index >= 15 is 0 Å². The van der Waals surface area contributed by atoms with E-state index in [2.05, 4.69) is 5.32 Å². The molecule has 0 aliphatic heterocycles. The van der Waals surface area contributed by atoms with Gasteiger partial charge < -0.3 is 20.1 Å². The maximum absolute atomic E-state index is 12.5. The van der Waals surface area contributed by atoms with Crippen LogP contribution in [-0.2, 0) is 9.53 Å². The van der Waals surface area contributed by atoms with E-state index in [1.165, 1.54) is 38.5 Å². The maximum atomic E-state index is 12.5. The molecule has 2 N–H and O–H groups in total. The maximum Gasteiger partial charge on any atom is 0.328 e. The lowest BCUT2D eigenvalue weighted by molar-refractivity contribution is -0.156. The van der Waals surface area contributed by atoms with Gasteiger partial charge in [0.15, 0.2) is 0 Å². The summed E-state index contributed by atoms with van der Waals surface area (Å²) in [6.45, 7) is 7.81. The molecule has 0 aromatic rings. The van der Waals surface area contributed by atoms with Gasteiger partial charge >= 0.3 is 12.0 Å². The lowest BCUT2D eigenvalue weighted by Crippen LogP contribution is -2.49. The minimum atomic E-state index is -0.717. The molecule has 0 aromatic carbocycles. The Morgan fingerprint density at radius 2 is 1.76 bits per heavy atom. The van der Waals surface area contributed by atoms with Gasteiger partial charge in [-0.25, -0.2) is 9.59 Å². The third-order valence-electron chi connectivity index (χ3n) is 4.54. The summed E-state index contributed by atoms with van der Waals surface area (Å²) in [6.07, 6.45) is 8.56. The van der Waals surface area contributed by atoms with Gasteiger partial charge in [0.05, 0.1) is 6.61 Å². The third kappa shape index (κ3) is 9.10. The van der Waals surface area contributed by atoms with Crippen molar-refractivity contribution in [3.63, 3.8) is 0 Å². The lowest BCUT2D eigenvalue weighted by atomic mass is 9.96. The second-order valence-corrected chi connectivity index (χ2v) is 8.06. The molecule has 146 valence electrons. The predicted octanol–water partition coefficient (Wildman–Crippen LogP) is 3.08. The molecule has 0 unspecified atom stereocenters. The minimum absolute atomic E-state index is 0.0844. The van der Waals surface area contributed by atoms with Crippen molar-refractivity contribution < 1.29 is 19.4 Å². The van der Waals surface area contributed by atoms with Crippen molar-refractivity contribution in [2.45, 2.75) is 84.3 Å². The number of aliphatic hydroxyl groups is 1. The number of urea groups is 1. The van der Waals surface area contributed by atoms with Crippen molar-refractivity contribution in [1.29, 1.82) is 0 Å². The van der Waals surface area contributed by atoms with Gasteiger partial charge in [-0.2, -0.15) is 0 Å². The van der Waals surface area contributed by atoms with Crippen molar-refractivity contribution in [1.82, 2.24) is 10.2 Å². The van der Waals surface area contributed by atoms with E-state index in [-0.39, 0.29) is 19.2 Å². The molecule has 25 heavy (non-hydrogen) atoms. The Morgan fingerprint density at radius 3 is 2.28 bits per heavy atom. The van der Waals surface area contributed by atoms with Gasteiger partial charge in [0.1, 0.15) is 11.6 Å². The number of nitrogens with zero attached hydrogens (tertiary/aromatic N) is 1. The first kappa shape index (κ1) is 21.7. The molecular formula is C19H36N2O4. The highest BCUT2D eigenvalue weighted by Crippen LogP contribution is 2.25. The van der Waals surface area contributed by atoms with Crippen LogP contribution in [0.4, 0.5) is 4.79 Å². The Labute approximate surface area is 152 Å². The number of nitrogens with one attached hydrogen (secondary N) is 1. The molecule has 1 aliphatic rings. The van der Waals surface area contributed by atoms with E-state index in [4.69, 9.17) is 4.74 Å². The van der Waals surface area contributed by atoms with Crippen LogP contribution >= 0.6 is 0 Å². The summed E-state index contributed by atoms with van der Waals surface area (Å²) in [5.41, 5.74) is -0.583. The quantitative estimate of drug-likeness (QED) is 0.543.